The minimum Gasteiger partial charge on any atom is -0.343 e. The number of fused-ring (bicyclic) bond motifs is 1. The molecule has 1 aliphatic rings. The summed E-state index contributed by atoms with van der Waals surface area (Å²) < 4.78 is 0. The molecule has 0 amide bonds. The van der Waals surface area contributed by atoms with Gasteiger partial charge in [-0.3, -0.25) is 0 Å². The molecule has 0 spiro atoms. The van der Waals surface area contributed by atoms with Crippen LogP contribution in [0.1, 0.15) is 41.3 Å². The second-order valence-corrected chi connectivity index (χ2v) is 7.50. The Morgan fingerprint density at radius 3 is 3.10 bits per heavy atom. The number of aryl methyl sites for hydroxylation is 1. The Labute approximate surface area is 135 Å². The molecule has 3 nitrogen and oxygen atoms in total. The summed E-state index contributed by atoms with van der Waals surface area (Å²) in [6, 6.07) is 2.27. The van der Waals surface area contributed by atoms with Crippen LogP contribution in [0, 0.1) is 0 Å². The van der Waals surface area contributed by atoms with E-state index in [0.717, 1.165) is 39.0 Å². The van der Waals surface area contributed by atoms with Crippen LogP contribution in [0.15, 0.2) is 11.4 Å². The van der Waals surface area contributed by atoms with Gasteiger partial charge in [-0.15, -0.1) is 22.7 Å². The highest BCUT2D eigenvalue weighted by Crippen LogP contribution is 2.32. The average molecular weight is 322 g/mol. The van der Waals surface area contributed by atoms with Gasteiger partial charge in [0.2, 0.25) is 0 Å². The maximum absolute atomic E-state index is 4.90. The number of thiazole rings is 1. The summed E-state index contributed by atoms with van der Waals surface area (Å²) >= 11 is 3.77. The maximum Gasteiger partial charge on any atom is 0.186 e. The smallest absolute Gasteiger partial charge is 0.186 e. The zero-order valence-corrected chi connectivity index (χ0v) is 14.4. The maximum atomic E-state index is 4.90. The lowest BCUT2D eigenvalue weighted by Gasteiger charge is -2.26. The van der Waals surface area contributed by atoms with Gasteiger partial charge in [-0.1, -0.05) is 13.8 Å². The van der Waals surface area contributed by atoms with Crippen LogP contribution in [0.4, 0.5) is 5.13 Å². The molecule has 0 atom stereocenters. The first-order valence-corrected chi connectivity index (χ1v) is 9.51. The predicted octanol–water partition coefficient (Wildman–Crippen LogP) is 3.83. The van der Waals surface area contributed by atoms with Gasteiger partial charge in [-0.05, 0) is 42.8 Å². The third kappa shape index (κ3) is 3.30. The lowest BCUT2D eigenvalue weighted by atomic mass is 10.1. The molecule has 2 aromatic heterocycles. The van der Waals surface area contributed by atoms with E-state index in [9.17, 15) is 0 Å². The number of nitrogens with zero attached hydrogens (tertiary/aromatic N) is 2. The van der Waals surface area contributed by atoms with Crippen LogP contribution in [0.2, 0.25) is 0 Å². The van der Waals surface area contributed by atoms with E-state index in [4.69, 9.17) is 4.98 Å². The van der Waals surface area contributed by atoms with Crippen molar-refractivity contribution in [2.75, 3.05) is 18.0 Å². The van der Waals surface area contributed by atoms with Crippen molar-refractivity contribution in [3.63, 3.8) is 0 Å². The van der Waals surface area contributed by atoms with Crippen molar-refractivity contribution in [3.05, 3.63) is 32.5 Å². The fourth-order valence-electron chi connectivity index (χ4n) is 2.71. The summed E-state index contributed by atoms with van der Waals surface area (Å²) in [6.07, 6.45) is 3.37. The van der Waals surface area contributed by atoms with Gasteiger partial charge in [0.05, 0.1) is 5.69 Å². The molecular formula is C16H23N3S2. The molecule has 114 valence electrons. The van der Waals surface area contributed by atoms with Gasteiger partial charge in [0.15, 0.2) is 5.13 Å². The Morgan fingerprint density at radius 2 is 2.29 bits per heavy atom. The number of rotatable bonds is 6. The normalized spacial score (nSPS) is 14.5. The van der Waals surface area contributed by atoms with Gasteiger partial charge in [0.25, 0.3) is 0 Å². The minimum absolute atomic E-state index is 0.965. The molecule has 5 heteroatoms. The van der Waals surface area contributed by atoms with Gasteiger partial charge in [-0.2, -0.15) is 0 Å². The zero-order valence-electron chi connectivity index (χ0n) is 12.8. The Hall–Kier alpha value is -0.910. The average Bonchev–Trinajstić information content (AvgIpc) is 3.13. The molecule has 21 heavy (non-hydrogen) atoms. The van der Waals surface area contributed by atoms with Crippen molar-refractivity contribution in [1.29, 1.82) is 0 Å². The molecule has 0 fully saturated rings. The largest absolute Gasteiger partial charge is 0.343 e. The second-order valence-electron chi connectivity index (χ2n) is 5.44. The summed E-state index contributed by atoms with van der Waals surface area (Å²) in [7, 11) is 0. The number of nitrogens with one attached hydrogen (secondary N) is 1. The molecule has 3 rings (SSSR count). The van der Waals surface area contributed by atoms with Crippen molar-refractivity contribution in [1.82, 2.24) is 10.3 Å². The van der Waals surface area contributed by atoms with Crippen molar-refractivity contribution in [3.8, 4) is 0 Å². The number of hydrogen-bond donors (Lipinski definition) is 1. The molecule has 0 aliphatic carbocycles. The van der Waals surface area contributed by atoms with Crippen molar-refractivity contribution in [2.45, 2.75) is 46.2 Å². The molecule has 0 saturated carbocycles. The number of hydrogen-bond acceptors (Lipinski definition) is 5. The standard InChI is InChI=1S/C16H23N3S2/c1-3-7-17-10-15-13(4-2)18-16(21-15)19-8-5-14-12(11-19)6-9-20-14/h6,9,17H,3-5,7-8,10-11H2,1-2H3. The van der Waals surface area contributed by atoms with Gasteiger partial charge in [0, 0.05) is 29.4 Å². The monoisotopic (exact) mass is 321 g/mol. The van der Waals surface area contributed by atoms with Crippen molar-refractivity contribution >= 4 is 27.8 Å². The summed E-state index contributed by atoms with van der Waals surface area (Å²) in [4.78, 5) is 10.3. The highest BCUT2D eigenvalue weighted by molar-refractivity contribution is 7.15. The first-order valence-electron chi connectivity index (χ1n) is 7.81. The highest BCUT2D eigenvalue weighted by Gasteiger charge is 2.21. The van der Waals surface area contributed by atoms with E-state index in [2.05, 4.69) is 35.5 Å². The molecule has 1 aliphatic heterocycles. The van der Waals surface area contributed by atoms with Crippen molar-refractivity contribution in [2.24, 2.45) is 0 Å². The van der Waals surface area contributed by atoms with E-state index in [1.165, 1.54) is 27.7 Å². The Bertz CT molecular complexity index is 588. The van der Waals surface area contributed by atoms with E-state index < -0.39 is 0 Å². The molecule has 0 saturated heterocycles. The third-order valence-electron chi connectivity index (χ3n) is 3.89. The highest BCUT2D eigenvalue weighted by atomic mass is 32.1. The van der Waals surface area contributed by atoms with Gasteiger partial charge in [0.1, 0.15) is 0 Å². The van der Waals surface area contributed by atoms with E-state index in [1.807, 2.05) is 22.7 Å². The summed E-state index contributed by atoms with van der Waals surface area (Å²) in [5, 5.41) is 6.93. The summed E-state index contributed by atoms with van der Waals surface area (Å²) in [6.45, 7) is 8.58. The van der Waals surface area contributed by atoms with Crippen LogP contribution in [0.3, 0.4) is 0 Å². The number of thiophene rings is 1. The van der Waals surface area contributed by atoms with Gasteiger partial charge in [-0.25, -0.2) is 4.98 Å². The molecule has 1 N–H and O–H groups in total. The zero-order chi connectivity index (χ0) is 14.7. The lowest BCUT2D eigenvalue weighted by Crippen LogP contribution is -2.29. The van der Waals surface area contributed by atoms with Crippen LogP contribution >= 0.6 is 22.7 Å². The summed E-state index contributed by atoms with van der Waals surface area (Å²) in [5.41, 5.74) is 2.76. The minimum atomic E-state index is 0.965. The fraction of sp³-hybridized carbons (Fsp3) is 0.562. The predicted molar refractivity (Wildman–Crippen MR) is 92.6 cm³/mol. The van der Waals surface area contributed by atoms with Crippen molar-refractivity contribution < 1.29 is 0 Å². The van der Waals surface area contributed by atoms with Gasteiger partial charge >= 0.3 is 0 Å². The lowest BCUT2D eigenvalue weighted by molar-refractivity contribution is 0.676. The van der Waals surface area contributed by atoms with Crippen LogP contribution < -0.4 is 10.2 Å². The first kappa shape index (κ1) is 15.0. The van der Waals surface area contributed by atoms with E-state index in [1.54, 1.807) is 4.88 Å². The summed E-state index contributed by atoms with van der Waals surface area (Å²) in [5.74, 6) is 0. The fourth-order valence-corrected chi connectivity index (χ4v) is 4.74. The Balaban J connectivity index is 1.74. The third-order valence-corrected chi connectivity index (χ3v) is 6.07. The van der Waals surface area contributed by atoms with Crippen LogP contribution in [-0.2, 0) is 25.9 Å². The molecule has 0 radical (unpaired) electrons. The van der Waals surface area contributed by atoms with Gasteiger partial charge < -0.3 is 10.2 Å². The van der Waals surface area contributed by atoms with E-state index in [0.29, 0.717) is 0 Å². The molecule has 2 aromatic rings. The second kappa shape index (κ2) is 6.90. The first-order chi connectivity index (χ1) is 10.3. The Kier molecular flexibility index (Phi) is 4.93. The molecule has 0 bridgehead atoms. The topological polar surface area (TPSA) is 28.2 Å². The number of anilines is 1. The van der Waals surface area contributed by atoms with Crippen LogP contribution in [0.25, 0.3) is 0 Å². The van der Waals surface area contributed by atoms with Crippen LogP contribution in [-0.4, -0.2) is 18.1 Å². The van der Waals surface area contributed by atoms with E-state index >= 15 is 0 Å². The Morgan fingerprint density at radius 1 is 1.38 bits per heavy atom. The number of aromatic nitrogens is 1. The van der Waals surface area contributed by atoms with E-state index in [-0.39, 0.29) is 0 Å². The quantitative estimate of drug-likeness (QED) is 0.820. The molecule has 3 heterocycles. The SMILES string of the molecule is CCCNCc1sc(N2CCc3sccc3C2)nc1CC. The molecule has 0 aromatic carbocycles. The molecular weight excluding hydrogens is 298 g/mol. The molecule has 0 unspecified atom stereocenters. The van der Waals surface area contributed by atoms with Crippen LogP contribution in [0.5, 0.6) is 0 Å².